The van der Waals surface area contributed by atoms with Crippen LogP contribution in [0, 0.1) is 12.8 Å². The highest BCUT2D eigenvalue weighted by Gasteiger charge is 2.28. The number of benzene rings is 1. The van der Waals surface area contributed by atoms with Gasteiger partial charge in [0.1, 0.15) is 0 Å². The number of carboxylic acid groups (broad SMARTS) is 1. The smallest absolute Gasteiger partial charge is 0.306 e. The van der Waals surface area contributed by atoms with E-state index in [0.29, 0.717) is 42.1 Å². The van der Waals surface area contributed by atoms with Gasteiger partial charge in [-0.2, -0.15) is 0 Å². The van der Waals surface area contributed by atoms with Gasteiger partial charge in [0.05, 0.1) is 12.5 Å². The molecule has 0 bridgehead atoms. The van der Waals surface area contributed by atoms with Crippen LogP contribution in [-0.2, 0) is 9.59 Å². The third-order valence-corrected chi connectivity index (χ3v) is 4.82. The number of likely N-dealkylation sites (tertiary alicyclic amines) is 1. The van der Waals surface area contributed by atoms with Crippen molar-refractivity contribution in [2.24, 2.45) is 5.92 Å². The van der Waals surface area contributed by atoms with Gasteiger partial charge < -0.3 is 14.9 Å². The van der Waals surface area contributed by atoms with E-state index in [1.807, 2.05) is 0 Å². The van der Waals surface area contributed by atoms with E-state index >= 15 is 0 Å². The number of amides is 2. The molecule has 1 aromatic carbocycles. The van der Waals surface area contributed by atoms with E-state index in [2.05, 4.69) is 0 Å². The molecule has 7 heteroatoms. The Bertz CT molecular complexity index is 654. The summed E-state index contributed by atoms with van der Waals surface area (Å²) in [6, 6.07) is 5.10. The van der Waals surface area contributed by atoms with Crippen LogP contribution in [0.15, 0.2) is 18.2 Å². The first-order valence-electron chi connectivity index (χ1n) is 7.82. The number of nitrogens with zero attached hydrogens (tertiary/aromatic N) is 2. The highest BCUT2D eigenvalue weighted by atomic mass is 35.5. The summed E-state index contributed by atoms with van der Waals surface area (Å²) in [7, 11) is 1.57. The van der Waals surface area contributed by atoms with Gasteiger partial charge in [-0.3, -0.25) is 14.4 Å². The van der Waals surface area contributed by atoms with Crippen molar-refractivity contribution in [3.8, 4) is 0 Å². The number of carbonyl (C=O) groups is 3. The van der Waals surface area contributed by atoms with Gasteiger partial charge >= 0.3 is 5.97 Å². The molecule has 1 heterocycles. The van der Waals surface area contributed by atoms with Gasteiger partial charge in [-0.15, -0.1) is 0 Å². The fourth-order valence-corrected chi connectivity index (χ4v) is 2.97. The van der Waals surface area contributed by atoms with Crippen molar-refractivity contribution in [3.63, 3.8) is 0 Å². The minimum Gasteiger partial charge on any atom is -0.481 e. The van der Waals surface area contributed by atoms with Gasteiger partial charge in [-0.25, -0.2) is 0 Å². The average Bonchev–Trinajstić information content (AvgIpc) is 2.56. The summed E-state index contributed by atoms with van der Waals surface area (Å²) in [5.74, 6) is -1.63. The Morgan fingerprint density at radius 2 is 1.92 bits per heavy atom. The highest BCUT2D eigenvalue weighted by molar-refractivity contribution is 6.31. The summed E-state index contributed by atoms with van der Waals surface area (Å²) >= 11 is 6.04. The van der Waals surface area contributed by atoms with Gasteiger partial charge in [0.2, 0.25) is 5.91 Å². The summed E-state index contributed by atoms with van der Waals surface area (Å²) in [4.78, 5) is 38.8. The first kappa shape index (κ1) is 18.3. The van der Waals surface area contributed by atoms with Gasteiger partial charge in [0.15, 0.2) is 0 Å². The van der Waals surface area contributed by atoms with Crippen molar-refractivity contribution in [1.82, 2.24) is 9.80 Å². The van der Waals surface area contributed by atoms with E-state index in [1.54, 1.807) is 37.1 Å². The first-order valence-corrected chi connectivity index (χ1v) is 8.20. The summed E-state index contributed by atoms with van der Waals surface area (Å²) < 4.78 is 0. The van der Waals surface area contributed by atoms with E-state index in [4.69, 9.17) is 16.7 Å². The third-order valence-electron chi connectivity index (χ3n) is 4.41. The largest absolute Gasteiger partial charge is 0.481 e. The van der Waals surface area contributed by atoms with Crippen molar-refractivity contribution in [3.05, 3.63) is 34.3 Å². The number of aliphatic carboxylic acids is 1. The number of rotatable bonds is 4. The summed E-state index contributed by atoms with van der Waals surface area (Å²) in [6.45, 7) is 2.55. The van der Waals surface area contributed by atoms with E-state index in [9.17, 15) is 14.4 Å². The Morgan fingerprint density at radius 3 is 2.50 bits per heavy atom. The molecule has 1 N–H and O–H groups in total. The summed E-state index contributed by atoms with van der Waals surface area (Å²) in [5.41, 5.74) is 1.16. The van der Waals surface area contributed by atoms with Crippen LogP contribution in [0.25, 0.3) is 0 Å². The molecule has 1 aliphatic heterocycles. The molecular formula is C17H21ClN2O4. The molecule has 6 nitrogen and oxygen atoms in total. The molecule has 0 aromatic heterocycles. The number of hydrogen-bond donors (Lipinski definition) is 1. The molecule has 2 rings (SSSR count). The fraction of sp³-hybridized carbons (Fsp3) is 0.471. The molecule has 1 fully saturated rings. The van der Waals surface area contributed by atoms with Crippen molar-refractivity contribution >= 4 is 29.4 Å². The van der Waals surface area contributed by atoms with Gasteiger partial charge in [-0.05, 0) is 37.5 Å². The predicted molar refractivity (Wildman–Crippen MR) is 90.1 cm³/mol. The monoisotopic (exact) mass is 352 g/mol. The fourth-order valence-electron chi connectivity index (χ4n) is 2.80. The molecule has 1 aliphatic rings. The quantitative estimate of drug-likeness (QED) is 0.899. The van der Waals surface area contributed by atoms with E-state index in [0.717, 1.165) is 0 Å². The zero-order valence-corrected chi connectivity index (χ0v) is 14.5. The van der Waals surface area contributed by atoms with Crippen LogP contribution in [0.5, 0.6) is 0 Å². The van der Waals surface area contributed by atoms with Crippen LogP contribution < -0.4 is 0 Å². The van der Waals surface area contributed by atoms with Crippen LogP contribution in [0.2, 0.25) is 5.02 Å². The lowest BCUT2D eigenvalue weighted by Crippen LogP contribution is -2.45. The second kappa shape index (κ2) is 7.66. The third kappa shape index (κ3) is 4.06. The van der Waals surface area contributed by atoms with Crippen molar-refractivity contribution in [2.45, 2.75) is 19.8 Å². The van der Waals surface area contributed by atoms with Crippen LogP contribution in [0.1, 0.15) is 28.8 Å². The second-order valence-corrected chi connectivity index (χ2v) is 6.47. The molecule has 130 valence electrons. The van der Waals surface area contributed by atoms with E-state index in [1.165, 1.54) is 4.90 Å². The van der Waals surface area contributed by atoms with E-state index < -0.39 is 5.97 Å². The molecule has 0 unspecified atom stereocenters. The zero-order valence-electron chi connectivity index (χ0n) is 13.8. The Labute approximate surface area is 146 Å². The lowest BCUT2D eigenvalue weighted by atomic mass is 9.97. The van der Waals surface area contributed by atoms with E-state index in [-0.39, 0.29) is 24.3 Å². The Morgan fingerprint density at radius 1 is 1.29 bits per heavy atom. The second-order valence-electron chi connectivity index (χ2n) is 6.07. The molecule has 24 heavy (non-hydrogen) atoms. The number of likely N-dealkylation sites (N-methyl/N-ethyl adjacent to an activating group) is 1. The van der Waals surface area contributed by atoms with Gasteiger partial charge in [0.25, 0.3) is 5.91 Å². The van der Waals surface area contributed by atoms with Crippen molar-refractivity contribution < 1.29 is 19.5 Å². The average molecular weight is 353 g/mol. The maximum atomic E-state index is 12.5. The maximum Gasteiger partial charge on any atom is 0.306 e. The number of piperidine rings is 1. The minimum absolute atomic E-state index is 0.0392. The lowest BCUT2D eigenvalue weighted by molar-refractivity contribution is -0.145. The van der Waals surface area contributed by atoms with Crippen LogP contribution in [0.4, 0.5) is 0 Å². The summed E-state index contributed by atoms with van der Waals surface area (Å²) in [5, 5.41) is 9.50. The Hall–Kier alpha value is -2.08. The van der Waals surface area contributed by atoms with Crippen molar-refractivity contribution in [2.75, 3.05) is 26.7 Å². The van der Waals surface area contributed by atoms with Crippen LogP contribution in [0.3, 0.4) is 0 Å². The first-order chi connectivity index (χ1) is 11.3. The predicted octanol–water partition coefficient (Wildman–Crippen LogP) is 2.04. The number of hydrogen-bond acceptors (Lipinski definition) is 3. The molecule has 0 spiro atoms. The minimum atomic E-state index is -0.814. The Balaban J connectivity index is 1.95. The molecule has 1 saturated heterocycles. The molecule has 0 saturated carbocycles. The van der Waals surface area contributed by atoms with Gasteiger partial charge in [0, 0.05) is 30.7 Å². The maximum absolute atomic E-state index is 12.5. The summed E-state index contributed by atoms with van der Waals surface area (Å²) in [6.07, 6.45) is 0.901. The molecule has 0 radical (unpaired) electrons. The lowest BCUT2D eigenvalue weighted by Gasteiger charge is -2.31. The van der Waals surface area contributed by atoms with Crippen molar-refractivity contribution in [1.29, 1.82) is 0 Å². The zero-order chi connectivity index (χ0) is 17.9. The molecule has 2 amide bonds. The number of carbonyl (C=O) groups excluding carboxylic acids is 2. The molecular weight excluding hydrogens is 332 g/mol. The van der Waals surface area contributed by atoms with Gasteiger partial charge in [-0.1, -0.05) is 17.7 Å². The molecule has 0 atom stereocenters. The normalized spacial score (nSPS) is 15.2. The van der Waals surface area contributed by atoms with Crippen LogP contribution >= 0.6 is 11.6 Å². The molecule has 1 aromatic rings. The SMILES string of the molecule is Cc1c(Cl)cccc1C(=O)N(C)CC(=O)N1CCC(C(=O)O)CC1. The number of halogens is 1. The Kier molecular flexibility index (Phi) is 5.83. The topological polar surface area (TPSA) is 77.9 Å². The molecule has 0 aliphatic carbocycles. The standard InChI is InChI=1S/C17H21ClN2O4/c1-11-13(4-3-5-14(11)18)16(22)19(2)10-15(21)20-8-6-12(7-9-20)17(23)24/h3-5,12H,6-10H2,1-2H3,(H,23,24). The van der Waals surface area contributed by atoms with Crippen LogP contribution in [-0.4, -0.2) is 59.4 Å². The highest BCUT2D eigenvalue weighted by Crippen LogP contribution is 2.20. The number of carboxylic acids is 1.